The molecule has 16 heavy (non-hydrogen) atoms. The van der Waals surface area contributed by atoms with Crippen molar-refractivity contribution in [2.45, 2.75) is 13.0 Å². The topological polar surface area (TPSA) is 55.0 Å². The second kappa shape index (κ2) is 4.61. The van der Waals surface area contributed by atoms with Crippen LogP contribution in [0.1, 0.15) is 24.3 Å². The first-order chi connectivity index (χ1) is 7.77. The number of aromatic nitrogens is 2. The van der Waals surface area contributed by atoms with Crippen LogP contribution in [0.2, 0.25) is 0 Å². The Balaban J connectivity index is 2.32. The first kappa shape index (κ1) is 10.4. The summed E-state index contributed by atoms with van der Waals surface area (Å²) >= 11 is 0. The molecule has 1 unspecified atom stereocenters. The molecule has 2 rings (SSSR count). The van der Waals surface area contributed by atoms with E-state index < -0.39 is 6.10 Å². The number of carbonyl (C=O) groups is 1. The number of nitrogens with zero attached hydrogens (tertiary/aromatic N) is 1. The molecule has 82 valence electrons. The summed E-state index contributed by atoms with van der Waals surface area (Å²) in [5, 5.41) is 0. The molecule has 1 heterocycles. The first-order valence-corrected chi connectivity index (χ1v) is 4.98. The number of esters is 1. The van der Waals surface area contributed by atoms with Crippen molar-refractivity contribution in [3.63, 3.8) is 0 Å². The lowest BCUT2D eigenvalue weighted by atomic mass is 10.1. The zero-order chi connectivity index (χ0) is 11.4. The van der Waals surface area contributed by atoms with Crippen LogP contribution in [0.5, 0.6) is 0 Å². The van der Waals surface area contributed by atoms with Crippen LogP contribution in [0.3, 0.4) is 0 Å². The summed E-state index contributed by atoms with van der Waals surface area (Å²) in [4.78, 5) is 17.9. The normalized spacial score (nSPS) is 12.1. The molecule has 4 nitrogen and oxygen atoms in total. The SMILES string of the molecule is CC(=O)OC(c1ccccc1)c1cnc[nH]1. The van der Waals surface area contributed by atoms with Gasteiger partial charge in [0.05, 0.1) is 18.2 Å². The number of imidazole rings is 1. The number of carbonyl (C=O) groups excluding carboxylic acids is 1. The lowest BCUT2D eigenvalue weighted by Crippen LogP contribution is -2.10. The Bertz CT molecular complexity index is 451. The van der Waals surface area contributed by atoms with E-state index in [2.05, 4.69) is 9.97 Å². The molecule has 0 saturated carbocycles. The standard InChI is InChI=1S/C12H12N2O2/c1-9(15)16-12(11-7-13-8-14-11)10-5-3-2-4-6-10/h2-8,12H,1H3,(H,13,14). The van der Waals surface area contributed by atoms with Crippen LogP contribution in [0.25, 0.3) is 0 Å². The summed E-state index contributed by atoms with van der Waals surface area (Å²) in [5.74, 6) is -0.316. The van der Waals surface area contributed by atoms with Gasteiger partial charge in [0.1, 0.15) is 0 Å². The van der Waals surface area contributed by atoms with Gasteiger partial charge in [0.25, 0.3) is 0 Å². The van der Waals surface area contributed by atoms with Crippen molar-refractivity contribution in [3.8, 4) is 0 Å². The van der Waals surface area contributed by atoms with Gasteiger partial charge in [-0.2, -0.15) is 0 Å². The third-order valence-electron chi connectivity index (χ3n) is 2.19. The second-order valence-electron chi connectivity index (χ2n) is 3.41. The third kappa shape index (κ3) is 2.28. The zero-order valence-corrected chi connectivity index (χ0v) is 8.88. The number of nitrogens with one attached hydrogen (secondary N) is 1. The van der Waals surface area contributed by atoms with Crippen LogP contribution in [0, 0.1) is 0 Å². The Hall–Kier alpha value is -2.10. The molecule has 1 aromatic carbocycles. The molecule has 1 aromatic heterocycles. The predicted molar refractivity (Wildman–Crippen MR) is 58.6 cm³/mol. The van der Waals surface area contributed by atoms with Gasteiger partial charge in [-0.05, 0) is 5.56 Å². The molecule has 0 fully saturated rings. The van der Waals surface area contributed by atoms with Crippen LogP contribution >= 0.6 is 0 Å². The maximum absolute atomic E-state index is 11.1. The Morgan fingerprint density at radius 3 is 2.69 bits per heavy atom. The predicted octanol–water partition coefficient (Wildman–Crippen LogP) is 2.06. The molecule has 0 aliphatic rings. The zero-order valence-electron chi connectivity index (χ0n) is 8.88. The highest BCUT2D eigenvalue weighted by Crippen LogP contribution is 2.23. The smallest absolute Gasteiger partial charge is 0.303 e. The molecule has 0 spiro atoms. The minimum atomic E-state index is -0.416. The highest BCUT2D eigenvalue weighted by molar-refractivity contribution is 5.66. The maximum Gasteiger partial charge on any atom is 0.303 e. The van der Waals surface area contributed by atoms with Crippen LogP contribution in [0.15, 0.2) is 42.9 Å². The summed E-state index contributed by atoms with van der Waals surface area (Å²) in [7, 11) is 0. The molecule has 0 radical (unpaired) electrons. The number of ether oxygens (including phenoxy) is 1. The molecular formula is C12H12N2O2. The van der Waals surface area contributed by atoms with E-state index in [0.717, 1.165) is 11.3 Å². The molecule has 0 aliphatic carbocycles. The molecule has 0 saturated heterocycles. The summed E-state index contributed by atoms with van der Waals surface area (Å²) in [5.41, 5.74) is 1.68. The Kier molecular flexibility index (Phi) is 3.00. The number of hydrogen-bond donors (Lipinski definition) is 1. The number of benzene rings is 1. The van der Waals surface area contributed by atoms with E-state index in [0.29, 0.717) is 0 Å². The summed E-state index contributed by atoms with van der Waals surface area (Å²) in [6.07, 6.45) is 2.80. The number of aromatic amines is 1. The van der Waals surface area contributed by atoms with Crippen molar-refractivity contribution in [1.82, 2.24) is 9.97 Å². The molecule has 4 heteroatoms. The molecule has 1 atom stereocenters. The van der Waals surface area contributed by atoms with E-state index in [1.54, 1.807) is 12.5 Å². The molecule has 0 aliphatic heterocycles. The fourth-order valence-electron chi connectivity index (χ4n) is 1.51. The largest absolute Gasteiger partial charge is 0.451 e. The Morgan fingerprint density at radius 2 is 2.12 bits per heavy atom. The first-order valence-electron chi connectivity index (χ1n) is 4.98. The van der Waals surface area contributed by atoms with Crippen molar-refractivity contribution in [3.05, 3.63) is 54.1 Å². The second-order valence-corrected chi connectivity index (χ2v) is 3.41. The summed E-state index contributed by atoms with van der Waals surface area (Å²) in [6.45, 7) is 1.40. The lowest BCUT2D eigenvalue weighted by Gasteiger charge is -2.15. The van der Waals surface area contributed by atoms with E-state index in [9.17, 15) is 4.79 Å². The van der Waals surface area contributed by atoms with E-state index in [1.807, 2.05) is 30.3 Å². The molecule has 0 amide bonds. The third-order valence-corrected chi connectivity index (χ3v) is 2.19. The van der Waals surface area contributed by atoms with E-state index >= 15 is 0 Å². The lowest BCUT2D eigenvalue weighted by molar-refractivity contribution is -0.144. The van der Waals surface area contributed by atoms with Gasteiger partial charge in [-0.25, -0.2) is 4.98 Å². The van der Waals surface area contributed by atoms with Crippen LogP contribution in [-0.2, 0) is 9.53 Å². The van der Waals surface area contributed by atoms with Crippen molar-refractivity contribution < 1.29 is 9.53 Å². The van der Waals surface area contributed by atoms with Gasteiger partial charge in [-0.15, -0.1) is 0 Å². The Morgan fingerprint density at radius 1 is 1.38 bits per heavy atom. The highest BCUT2D eigenvalue weighted by Gasteiger charge is 2.17. The van der Waals surface area contributed by atoms with Crippen LogP contribution < -0.4 is 0 Å². The van der Waals surface area contributed by atoms with Gasteiger partial charge in [-0.1, -0.05) is 30.3 Å². The van der Waals surface area contributed by atoms with Crippen molar-refractivity contribution >= 4 is 5.97 Å². The minimum absolute atomic E-state index is 0.316. The van der Waals surface area contributed by atoms with Crippen molar-refractivity contribution in [1.29, 1.82) is 0 Å². The maximum atomic E-state index is 11.1. The van der Waals surface area contributed by atoms with Gasteiger partial charge in [-0.3, -0.25) is 4.79 Å². The number of H-pyrrole nitrogens is 1. The average molecular weight is 216 g/mol. The number of hydrogen-bond acceptors (Lipinski definition) is 3. The molecule has 0 bridgehead atoms. The van der Waals surface area contributed by atoms with E-state index in [1.165, 1.54) is 6.92 Å². The average Bonchev–Trinajstić information content (AvgIpc) is 2.80. The highest BCUT2D eigenvalue weighted by atomic mass is 16.5. The van der Waals surface area contributed by atoms with Gasteiger partial charge >= 0.3 is 5.97 Å². The summed E-state index contributed by atoms with van der Waals surface area (Å²) in [6, 6.07) is 9.55. The fraction of sp³-hybridized carbons (Fsp3) is 0.167. The van der Waals surface area contributed by atoms with Crippen molar-refractivity contribution in [2.24, 2.45) is 0 Å². The monoisotopic (exact) mass is 216 g/mol. The van der Waals surface area contributed by atoms with Gasteiger partial charge in [0.15, 0.2) is 6.10 Å². The van der Waals surface area contributed by atoms with E-state index in [-0.39, 0.29) is 5.97 Å². The molecule has 1 N–H and O–H groups in total. The fourth-order valence-corrected chi connectivity index (χ4v) is 1.51. The number of rotatable bonds is 3. The van der Waals surface area contributed by atoms with Crippen LogP contribution in [-0.4, -0.2) is 15.9 Å². The molecular weight excluding hydrogens is 204 g/mol. The minimum Gasteiger partial charge on any atom is -0.451 e. The van der Waals surface area contributed by atoms with Crippen LogP contribution in [0.4, 0.5) is 0 Å². The van der Waals surface area contributed by atoms with Gasteiger partial charge in [0.2, 0.25) is 0 Å². The quantitative estimate of drug-likeness (QED) is 0.799. The van der Waals surface area contributed by atoms with Gasteiger partial charge in [0, 0.05) is 6.92 Å². The van der Waals surface area contributed by atoms with E-state index in [4.69, 9.17) is 4.74 Å². The van der Waals surface area contributed by atoms with Crippen molar-refractivity contribution in [2.75, 3.05) is 0 Å². The van der Waals surface area contributed by atoms with Gasteiger partial charge < -0.3 is 9.72 Å². The summed E-state index contributed by atoms with van der Waals surface area (Å²) < 4.78 is 5.27. The molecule has 2 aromatic rings. The Labute approximate surface area is 93.3 Å².